The summed E-state index contributed by atoms with van der Waals surface area (Å²) in [5.74, 6) is 0.102. The third kappa shape index (κ3) is 3.69. The van der Waals surface area contributed by atoms with E-state index in [0.717, 1.165) is 43.7 Å². The molecule has 1 aliphatic carbocycles. The lowest BCUT2D eigenvalue weighted by Gasteiger charge is -2.34. The molecule has 4 nitrogen and oxygen atoms in total. The highest BCUT2D eigenvalue weighted by molar-refractivity contribution is 5.95. The van der Waals surface area contributed by atoms with Gasteiger partial charge in [0, 0.05) is 24.0 Å². The van der Waals surface area contributed by atoms with Crippen LogP contribution in [-0.4, -0.2) is 30.1 Å². The fraction of sp³-hybridized carbons (Fsp3) is 0.750. The summed E-state index contributed by atoms with van der Waals surface area (Å²) in [5.41, 5.74) is 3.48. The van der Waals surface area contributed by atoms with E-state index < -0.39 is 0 Å². The highest BCUT2D eigenvalue weighted by atomic mass is 16.1. The number of hydrogen-bond acceptors (Lipinski definition) is 2. The molecule has 1 aliphatic heterocycles. The Kier molecular flexibility index (Phi) is 5.33. The van der Waals surface area contributed by atoms with Crippen molar-refractivity contribution in [2.45, 2.75) is 71.8 Å². The van der Waals surface area contributed by atoms with Crippen molar-refractivity contribution in [2.75, 3.05) is 19.6 Å². The molecule has 0 atom stereocenters. The van der Waals surface area contributed by atoms with Crippen molar-refractivity contribution in [2.24, 2.45) is 5.41 Å². The van der Waals surface area contributed by atoms with Crippen molar-refractivity contribution in [3.63, 3.8) is 0 Å². The van der Waals surface area contributed by atoms with Crippen LogP contribution in [0.25, 0.3) is 0 Å². The Bertz CT molecular complexity index is 578. The van der Waals surface area contributed by atoms with Crippen molar-refractivity contribution in [1.82, 2.24) is 15.2 Å². The van der Waals surface area contributed by atoms with E-state index in [1.165, 1.54) is 37.8 Å². The number of carbonyl (C=O) groups excluding carboxylic acids is 1. The molecule has 1 saturated carbocycles. The molecule has 3 rings (SSSR count). The quantitative estimate of drug-likeness (QED) is 0.883. The smallest absolute Gasteiger partial charge is 0.253 e. The van der Waals surface area contributed by atoms with Gasteiger partial charge in [0.25, 0.3) is 5.91 Å². The normalized spacial score (nSPS) is 21.6. The number of aromatic nitrogens is 1. The predicted octanol–water partition coefficient (Wildman–Crippen LogP) is 3.73. The van der Waals surface area contributed by atoms with E-state index in [1.807, 2.05) is 0 Å². The molecule has 24 heavy (non-hydrogen) atoms. The first-order valence-electron chi connectivity index (χ1n) is 9.67. The van der Waals surface area contributed by atoms with Crippen LogP contribution < -0.4 is 10.6 Å². The Morgan fingerprint density at radius 2 is 1.92 bits per heavy atom. The molecule has 2 N–H and O–H groups in total. The molecule has 0 radical (unpaired) electrons. The summed E-state index contributed by atoms with van der Waals surface area (Å²) >= 11 is 0. The third-order valence-electron chi connectivity index (χ3n) is 6.16. The average molecular weight is 332 g/mol. The fourth-order valence-electron chi connectivity index (χ4n) is 4.50. The maximum absolute atomic E-state index is 12.8. The SMILES string of the molecule is Cc1cc(C(=O)NCC2(C)CCNCC2)c(C)n1C1CCCCC1. The minimum Gasteiger partial charge on any atom is -0.351 e. The Labute approximate surface area is 146 Å². The molecule has 1 aromatic rings. The summed E-state index contributed by atoms with van der Waals surface area (Å²) in [6.07, 6.45) is 8.76. The summed E-state index contributed by atoms with van der Waals surface area (Å²) in [6.45, 7) is 9.44. The van der Waals surface area contributed by atoms with E-state index in [1.54, 1.807) is 0 Å². The summed E-state index contributed by atoms with van der Waals surface area (Å²) in [7, 11) is 0. The van der Waals surface area contributed by atoms with E-state index in [4.69, 9.17) is 0 Å². The number of piperidine rings is 1. The van der Waals surface area contributed by atoms with Gasteiger partial charge in [0.05, 0.1) is 5.56 Å². The molecular weight excluding hydrogens is 298 g/mol. The highest BCUT2D eigenvalue weighted by Crippen LogP contribution is 2.32. The molecule has 2 fully saturated rings. The summed E-state index contributed by atoms with van der Waals surface area (Å²) in [6, 6.07) is 2.67. The molecule has 2 heterocycles. The number of amides is 1. The van der Waals surface area contributed by atoms with Crippen molar-refractivity contribution >= 4 is 5.91 Å². The number of aryl methyl sites for hydroxylation is 1. The van der Waals surface area contributed by atoms with E-state index >= 15 is 0 Å². The van der Waals surface area contributed by atoms with Crippen LogP contribution in [-0.2, 0) is 0 Å². The summed E-state index contributed by atoms with van der Waals surface area (Å²) in [4.78, 5) is 12.8. The van der Waals surface area contributed by atoms with Crippen molar-refractivity contribution in [3.8, 4) is 0 Å². The Morgan fingerprint density at radius 3 is 2.58 bits per heavy atom. The van der Waals surface area contributed by atoms with Gasteiger partial charge >= 0.3 is 0 Å². The van der Waals surface area contributed by atoms with Gasteiger partial charge < -0.3 is 15.2 Å². The van der Waals surface area contributed by atoms with Crippen molar-refractivity contribution < 1.29 is 4.79 Å². The molecule has 1 saturated heterocycles. The summed E-state index contributed by atoms with van der Waals surface area (Å²) < 4.78 is 2.42. The first kappa shape index (κ1) is 17.5. The van der Waals surface area contributed by atoms with Gasteiger partial charge in [-0.05, 0) is 64.1 Å². The Morgan fingerprint density at radius 1 is 1.25 bits per heavy atom. The standard InChI is InChI=1S/C20H33N3O/c1-15-13-18(16(2)23(15)17-7-5-4-6-8-17)19(24)22-14-20(3)9-11-21-12-10-20/h13,17,21H,4-12,14H2,1-3H3,(H,22,24). The van der Waals surface area contributed by atoms with E-state index in [9.17, 15) is 4.79 Å². The van der Waals surface area contributed by atoms with Gasteiger partial charge in [0.2, 0.25) is 0 Å². The van der Waals surface area contributed by atoms with Crippen LogP contribution in [0, 0.1) is 19.3 Å². The van der Waals surface area contributed by atoms with Gasteiger partial charge in [-0.1, -0.05) is 26.2 Å². The Balaban J connectivity index is 1.68. The zero-order chi connectivity index (χ0) is 17.2. The minimum absolute atomic E-state index is 0.102. The zero-order valence-corrected chi connectivity index (χ0v) is 15.6. The van der Waals surface area contributed by atoms with Gasteiger partial charge in [0.1, 0.15) is 0 Å². The lowest BCUT2D eigenvalue weighted by molar-refractivity contribution is 0.0921. The molecule has 1 amide bonds. The van der Waals surface area contributed by atoms with Crippen molar-refractivity contribution in [3.05, 3.63) is 23.0 Å². The first-order chi connectivity index (χ1) is 11.5. The van der Waals surface area contributed by atoms with Gasteiger partial charge in [0.15, 0.2) is 0 Å². The topological polar surface area (TPSA) is 46.1 Å². The van der Waals surface area contributed by atoms with Crippen LogP contribution in [0.3, 0.4) is 0 Å². The maximum Gasteiger partial charge on any atom is 0.253 e. The first-order valence-corrected chi connectivity index (χ1v) is 9.67. The summed E-state index contributed by atoms with van der Waals surface area (Å²) in [5, 5.41) is 6.61. The van der Waals surface area contributed by atoms with Gasteiger partial charge in [-0.3, -0.25) is 4.79 Å². The maximum atomic E-state index is 12.8. The van der Waals surface area contributed by atoms with Crippen LogP contribution in [0.15, 0.2) is 6.07 Å². The molecule has 0 bridgehead atoms. The van der Waals surface area contributed by atoms with Gasteiger partial charge in [-0.2, -0.15) is 0 Å². The van der Waals surface area contributed by atoms with Gasteiger partial charge in [-0.15, -0.1) is 0 Å². The molecule has 2 aliphatic rings. The average Bonchev–Trinajstić information content (AvgIpc) is 2.89. The number of carbonyl (C=O) groups is 1. The lowest BCUT2D eigenvalue weighted by Crippen LogP contribution is -2.43. The largest absolute Gasteiger partial charge is 0.351 e. The number of hydrogen-bond donors (Lipinski definition) is 2. The minimum atomic E-state index is 0.102. The molecule has 4 heteroatoms. The molecule has 0 spiro atoms. The molecular formula is C20H33N3O. The number of nitrogens with one attached hydrogen (secondary N) is 2. The van der Waals surface area contributed by atoms with E-state index in [-0.39, 0.29) is 11.3 Å². The van der Waals surface area contributed by atoms with E-state index in [0.29, 0.717) is 6.04 Å². The lowest BCUT2D eigenvalue weighted by atomic mass is 9.81. The van der Waals surface area contributed by atoms with Crippen LogP contribution in [0.2, 0.25) is 0 Å². The number of nitrogens with zero attached hydrogens (tertiary/aromatic N) is 1. The zero-order valence-electron chi connectivity index (χ0n) is 15.6. The van der Waals surface area contributed by atoms with Crippen LogP contribution in [0.1, 0.15) is 79.7 Å². The molecule has 0 aromatic carbocycles. The van der Waals surface area contributed by atoms with Crippen LogP contribution >= 0.6 is 0 Å². The third-order valence-corrected chi connectivity index (χ3v) is 6.16. The monoisotopic (exact) mass is 331 g/mol. The van der Waals surface area contributed by atoms with Crippen LogP contribution in [0.5, 0.6) is 0 Å². The number of rotatable bonds is 4. The van der Waals surface area contributed by atoms with E-state index in [2.05, 4.69) is 42.0 Å². The van der Waals surface area contributed by atoms with Crippen molar-refractivity contribution in [1.29, 1.82) is 0 Å². The molecule has 1 aromatic heterocycles. The molecule has 134 valence electrons. The van der Waals surface area contributed by atoms with Crippen LogP contribution in [0.4, 0.5) is 0 Å². The van der Waals surface area contributed by atoms with Gasteiger partial charge in [-0.25, -0.2) is 0 Å². The second-order valence-corrected chi connectivity index (χ2v) is 8.19. The predicted molar refractivity (Wildman–Crippen MR) is 98.6 cm³/mol. The highest BCUT2D eigenvalue weighted by Gasteiger charge is 2.28. The molecule has 0 unspecified atom stereocenters. The second-order valence-electron chi connectivity index (χ2n) is 8.19. The Hall–Kier alpha value is -1.29. The second kappa shape index (κ2) is 7.30. The fourth-order valence-corrected chi connectivity index (χ4v) is 4.50.